The van der Waals surface area contributed by atoms with Crippen LogP contribution in [0.3, 0.4) is 0 Å². The highest BCUT2D eigenvalue weighted by atomic mass is 16.5. The molecule has 5 aromatic rings. The third kappa shape index (κ3) is 8.02. The van der Waals surface area contributed by atoms with Gasteiger partial charge in [-0.15, -0.1) is 0 Å². The fourth-order valence-corrected chi connectivity index (χ4v) is 5.09. The van der Waals surface area contributed by atoms with Crippen LogP contribution in [0, 0.1) is 5.41 Å². The van der Waals surface area contributed by atoms with Crippen molar-refractivity contribution in [3.63, 3.8) is 0 Å². The maximum absolute atomic E-state index is 13.1. The number of nitrogens with zero attached hydrogens (tertiary/aromatic N) is 3. The number of carbonyl (C=O) groups excluding carboxylic acids is 2. The molecule has 11 heteroatoms. The zero-order valence-electron chi connectivity index (χ0n) is 24.8. The second kappa shape index (κ2) is 14.6. The first-order valence-electron chi connectivity index (χ1n) is 14.7. The first kappa shape index (κ1) is 30.7. The molecule has 0 saturated carbocycles. The summed E-state index contributed by atoms with van der Waals surface area (Å²) >= 11 is 0. The zero-order chi connectivity index (χ0) is 31.6. The zero-order valence-corrected chi connectivity index (χ0v) is 24.8. The molecular weight excluding hydrogens is 568 g/mol. The summed E-state index contributed by atoms with van der Waals surface area (Å²) in [6.45, 7) is 1.24. The van der Waals surface area contributed by atoms with Crippen molar-refractivity contribution in [1.29, 1.82) is 5.41 Å². The van der Waals surface area contributed by atoms with Crippen molar-refractivity contribution in [2.45, 2.75) is 31.9 Å². The van der Waals surface area contributed by atoms with Gasteiger partial charge >= 0.3 is 0 Å². The lowest BCUT2D eigenvalue weighted by molar-refractivity contribution is -0.121. The summed E-state index contributed by atoms with van der Waals surface area (Å²) in [5.74, 6) is 0.265. The van der Waals surface area contributed by atoms with E-state index in [9.17, 15) is 9.59 Å². The van der Waals surface area contributed by atoms with Crippen LogP contribution in [0.15, 0.2) is 97.2 Å². The number of benzene rings is 3. The molecule has 45 heavy (non-hydrogen) atoms. The number of primary amides is 1. The van der Waals surface area contributed by atoms with E-state index in [1.54, 1.807) is 24.4 Å². The number of carbonyl (C=O) groups is 2. The van der Waals surface area contributed by atoms with Crippen LogP contribution in [0.1, 0.15) is 40.5 Å². The van der Waals surface area contributed by atoms with Gasteiger partial charge in [-0.3, -0.25) is 20.0 Å². The number of hydrogen-bond donors (Lipinski definition) is 5. The van der Waals surface area contributed by atoms with Crippen molar-refractivity contribution in [1.82, 2.24) is 25.2 Å². The van der Waals surface area contributed by atoms with E-state index in [4.69, 9.17) is 26.6 Å². The van der Waals surface area contributed by atoms with Gasteiger partial charge in [-0.25, -0.2) is 4.98 Å². The number of pyridine rings is 1. The van der Waals surface area contributed by atoms with Crippen molar-refractivity contribution >= 4 is 28.8 Å². The number of guanidine groups is 1. The smallest absolute Gasteiger partial charge is 0.251 e. The molecule has 7 N–H and O–H groups in total. The molecule has 11 nitrogen and oxygen atoms in total. The van der Waals surface area contributed by atoms with Gasteiger partial charge in [-0.2, -0.15) is 0 Å². The van der Waals surface area contributed by atoms with Crippen molar-refractivity contribution in [2.24, 2.45) is 11.5 Å². The maximum atomic E-state index is 13.1. The topological polar surface area (TPSA) is 174 Å². The lowest BCUT2D eigenvalue weighted by Gasteiger charge is -2.20. The molecule has 0 spiro atoms. The minimum atomic E-state index is -0.745. The van der Waals surface area contributed by atoms with Gasteiger partial charge in [-0.05, 0) is 60.9 Å². The lowest BCUT2D eigenvalue weighted by Crippen LogP contribution is -2.32. The van der Waals surface area contributed by atoms with E-state index < -0.39 is 11.9 Å². The van der Waals surface area contributed by atoms with Crippen molar-refractivity contribution in [3.8, 4) is 17.1 Å². The Morgan fingerprint density at radius 2 is 1.73 bits per heavy atom. The highest BCUT2D eigenvalue weighted by molar-refractivity contribution is 5.98. The van der Waals surface area contributed by atoms with Crippen LogP contribution in [0.25, 0.3) is 22.4 Å². The summed E-state index contributed by atoms with van der Waals surface area (Å²) in [7, 11) is 0. The molecule has 0 fully saturated rings. The number of nitrogens with one attached hydrogen (secondary N) is 3. The van der Waals surface area contributed by atoms with Crippen molar-refractivity contribution < 1.29 is 14.3 Å². The van der Waals surface area contributed by atoms with Crippen LogP contribution in [-0.2, 0) is 17.8 Å². The van der Waals surface area contributed by atoms with E-state index in [-0.39, 0.29) is 11.9 Å². The molecule has 2 heterocycles. The summed E-state index contributed by atoms with van der Waals surface area (Å²) < 4.78 is 7.90. The standard InChI is InChI=1S/C34H36N8O3/c35-31(43)30(13-7-18-40-34(36)37)42-29-15-14-25(33(44)39-19-16-26-11-4-5-17-38-26)21-28(29)41-32(42)24-10-6-12-27(20-24)45-22-23-8-2-1-3-9-23/h1-6,8-12,14-15,17,20-21,30H,7,13,16,18-19,22H2,(H2,35,43)(H,39,44)(H4,36,37,40)/t30-/m0/s1. The molecule has 0 aliphatic heterocycles. The first-order valence-corrected chi connectivity index (χ1v) is 14.7. The summed E-state index contributed by atoms with van der Waals surface area (Å²) in [5.41, 5.74) is 15.7. The van der Waals surface area contributed by atoms with E-state index in [1.165, 1.54) is 0 Å². The van der Waals surface area contributed by atoms with Gasteiger partial charge in [0.25, 0.3) is 5.91 Å². The van der Waals surface area contributed by atoms with Crippen molar-refractivity contribution in [2.75, 3.05) is 13.1 Å². The molecule has 3 aromatic carbocycles. The third-order valence-corrected chi connectivity index (χ3v) is 7.29. The maximum Gasteiger partial charge on any atom is 0.251 e. The summed E-state index contributed by atoms with van der Waals surface area (Å²) in [6, 6.07) is 27.5. The summed E-state index contributed by atoms with van der Waals surface area (Å²) in [6.07, 6.45) is 3.25. The number of imidazole rings is 1. The van der Waals surface area contributed by atoms with Gasteiger partial charge in [0.15, 0.2) is 5.96 Å². The number of hydrogen-bond acceptors (Lipinski definition) is 6. The molecule has 2 aromatic heterocycles. The highest BCUT2D eigenvalue weighted by Crippen LogP contribution is 2.32. The minimum Gasteiger partial charge on any atom is -0.489 e. The molecule has 0 aliphatic rings. The molecule has 230 valence electrons. The number of nitrogens with two attached hydrogens (primary N) is 2. The SMILES string of the molecule is N=C(N)NCCC[C@@H](C(N)=O)n1c(-c2cccc(OCc3ccccc3)c2)nc2cc(C(=O)NCCc3ccccn3)ccc21. The fraction of sp³-hybridized carbons (Fsp3) is 0.206. The largest absolute Gasteiger partial charge is 0.489 e. The number of fused-ring (bicyclic) bond motifs is 1. The summed E-state index contributed by atoms with van der Waals surface area (Å²) in [4.78, 5) is 35.1. The lowest BCUT2D eigenvalue weighted by atomic mass is 10.1. The molecule has 0 bridgehead atoms. The van der Waals surface area contributed by atoms with Gasteiger partial charge < -0.3 is 31.4 Å². The molecule has 0 radical (unpaired) electrons. The van der Waals surface area contributed by atoms with E-state index in [1.807, 2.05) is 77.4 Å². The number of ether oxygens (including phenoxy) is 1. The number of rotatable bonds is 14. The van der Waals surface area contributed by atoms with E-state index in [2.05, 4.69) is 15.6 Å². The Bertz CT molecular complexity index is 1770. The van der Waals surface area contributed by atoms with Crippen LogP contribution in [0.5, 0.6) is 5.75 Å². The van der Waals surface area contributed by atoms with E-state index >= 15 is 0 Å². The average molecular weight is 605 g/mol. The Morgan fingerprint density at radius 3 is 2.49 bits per heavy atom. The molecule has 5 rings (SSSR count). The van der Waals surface area contributed by atoms with Crippen LogP contribution >= 0.6 is 0 Å². The van der Waals surface area contributed by atoms with Gasteiger partial charge in [0.05, 0.1) is 11.0 Å². The monoisotopic (exact) mass is 604 g/mol. The molecule has 0 unspecified atom stereocenters. The normalized spacial score (nSPS) is 11.6. The Balaban J connectivity index is 1.45. The molecule has 0 aliphatic carbocycles. The predicted octanol–water partition coefficient (Wildman–Crippen LogP) is 3.94. The van der Waals surface area contributed by atoms with Gasteiger partial charge in [0, 0.05) is 42.5 Å². The molecule has 2 amide bonds. The van der Waals surface area contributed by atoms with E-state index in [0.717, 1.165) is 16.8 Å². The van der Waals surface area contributed by atoms with Crippen LogP contribution in [0.2, 0.25) is 0 Å². The van der Waals surface area contributed by atoms with Crippen LogP contribution < -0.4 is 26.8 Å². The predicted molar refractivity (Wildman–Crippen MR) is 174 cm³/mol. The minimum absolute atomic E-state index is 0.141. The highest BCUT2D eigenvalue weighted by Gasteiger charge is 2.25. The third-order valence-electron chi connectivity index (χ3n) is 7.29. The Kier molecular flexibility index (Phi) is 10.0. The van der Waals surface area contributed by atoms with Gasteiger partial charge in [0.2, 0.25) is 5.91 Å². The van der Waals surface area contributed by atoms with Gasteiger partial charge in [0.1, 0.15) is 24.2 Å². The molecule has 1 atom stereocenters. The summed E-state index contributed by atoms with van der Waals surface area (Å²) in [5, 5.41) is 13.1. The van der Waals surface area contributed by atoms with E-state index in [0.29, 0.717) is 67.1 Å². The second-order valence-corrected chi connectivity index (χ2v) is 10.5. The second-order valence-electron chi connectivity index (χ2n) is 10.5. The molecular formula is C34H36N8O3. The quantitative estimate of drug-likeness (QED) is 0.0725. The Morgan fingerprint density at radius 1 is 0.911 bits per heavy atom. The van der Waals surface area contributed by atoms with Crippen LogP contribution in [0.4, 0.5) is 0 Å². The van der Waals surface area contributed by atoms with Crippen LogP contribution in [-0.4, -0.2) is 45.4 Å². The number of amides is 2. The average Bonchev–Trinajstić information content (AvgIpc) is 3.43. The van der Waals surface area contributed by atoms with Gasteiger partial charge in [-0.1, -0.05) is 48.5 Å². The fourth-order valence-electron chi connectivity index (χ4n) is 5.09. The molecule has 0 saturated heterocycles. The van der Waals surface area contributed by atoms with Crippen molar-refractivity contribution in [3.05, 3.63) is 114 Å². The Labute approximate surface area is 261 Å². The Hall–Kier alpha value is -5.71. The first-order chi connectivity index (χ1) is 21.9. The number of aromatic nitrogens is 3.